The zero-order valence-corrected chi connectivity index (χ0v) is 17.8. The molecule has 3 heterocycles. The molecule has 0 unspecified atom stereocenters. The lowest BCUT2D eigenvalue weighted by Gasteiger charge is -2.35. The van der Waals surface area contributed by atoms with Crippen molar-refractivity contribution >= 4 is 58.0 Å². The van der Waals surface area contributed by atoms with Crippen LogP contribution in [-0.4, -0.2) is 57.5 Å². The highest BCUT2D eigenvalue weighted by atomic mass is 35.5. The Morgan fingerprint density at radius 3 is 2.62 bits per heavy atom. The summed E-state index contributed by atoms with van der Waals surface area (Å²) < 4.78 is 1.75. The number of carbonyl (C=O) groups excluding carboxylic acids is 1. The fourth-order valence-electron chi connectivity index (χ4n) is 3.31. The van der Waals surface area contributed by atoms with Gasteiger partial charge in [0.1, 0.15) is 17.5 Å². The molecule has 0 spiro atoms. The Morgan fingerprint density at radius 2 is 1.90 bits per heavy atom. The molecule has 0 bridgehead atoms. The summed E-state index contributed by atoms with van der Waals surface area (Å²) in [6.07, 6.45) is 1.71. The quantitative estimate of drug-likeness (QED) is 0.599. The van der Waals surface area contributed by atoms with Crippen LogP contribution < -0.4 is 10.2 Å². The van der Waals surface area contributed by atoms with E-state index in [0.29, 0.717) is 42.8 Å². The summed E-state index contributed by atoms with van der Waals surface area (Å²) in [5, 5.41) is 8.95. The first kappa shape index (κ1) is 20.1. The van der Waals surface area contributed by atoms with Gasteiger partial charge in [0.15, 0.2) is 5.65 Å². The van der Waals surface area contributed by atoms with Crippen LogP contribution in [0.1, 0.15) is 5.56 Å². The predicted octanol–water partition coefficient (Wildman–Crippen LogP) is 3.54. The summed E-state index contributed by atoms with van der Waals surface area (Å²) in [6.45, 7) is 3.17. The van der Waals surface area contributed by atoms with E-state index in [0.717, 1.165) is 22.8 Å². The summed E-state index contributed by atoms with van der Waals surface area (Å²) in [5.41, 5.74) is 1.68. The fraction of sp³-hybridized carbons (Fsp3) is 0.316. The average molecular weight is 454 g/mol. The number of anilines is 2. The maximum atomic E-state index is 11.8. The third kappa shape index (κ3) is 4.37. The van der Waals surface area contributed by atoms with Crippen LogP contribution in [0.25, 0.3) is 5.65 Å². The number of amides is 1. The largest absolute Gasteiger partial charge is 0.366 e. The van der Waals surface area contributed by atoms with E-state index in [1.165, 1.54) is 0 Å². The zero-order valence-electron chi connectivity index (χ0n) is 15.5. The van der Waals surface area contributed by atoms with Crippen LogP contribution in [-0.2, 0) is 11.3 Å². The lowest BCUT2D eigenvalue weighted by atomic mass is 10.2. The second-order valence-corrected chi connectivity index (χ2v) is 7.80. The maximum Gasteiger partial charge on any atom is 0.237 e. The second-order valence-electron chi connectivity index (χ2n) is 6.69. The molecule has 29 heavy (non-hydrogen) atoms. The molecule has 7 nitrogen and oxygen atoms in total. The van der Waals surface area contributed by atoms with Gasteiger partial charge in [0, 0.05) is 54.9 Å². The number of piperazine rings is 1. The lowest BCUT2D eigenvalue weighted by Crippen LogP contribution is -2.49. The van der Waals surface area contributed by atoms with Gasteiger partial charge in [0.05, 0.1) is 6.20 Å². The van der Waals surface area contributed by atoms with Crippen LogP contribution in [0.15, 0.2) is 36.5 Å². The number of hydrogen-bond donors (Lipinski definition) is 1. The Bertz CT molecular complexity index is 1030. The number of rotatable bonds is 5. The van der Waals surface area contributed by atoms with Crippen molar-refractivity contribution in [1.82, 2.24) is 19.5 Å². The molecule has 1 saturated heterocycles. The molecule has 1 amide bonds. The molecule has 0 atom stereocenters. The summed E-state index contributed by atoms with van der Waals surface area (Å²) >= 11 is 17.9. The van der Waals surface area contributed by atoms with E-state index in [1.807, 2.05) is 24.3 Å². The van der Waals surface area contributed by atoms with Gasteiger partial charge in [-0.25, -0.2) is 4.98 Å². The van der Waals surface area contributed by atoms with Crippen molar-refractivity contribution in [2.24, 2.45) is 0 Å². The molecule has 152 valence electrons. The highest BCUT2D eigenvalue weighted by molar-refractivity contribution is 6.35. The average Bonchev–Trinajstić information content (AvgIpc) is 3.21. The molecule has 3 aromatic rings. The Balaban J connectivity index is 1.54. The zero-order chi connectivity index (χ0) is 20.4. The smallest absolute Gasteiger partial charge is 0.237 e. The van der Waals surface area contributed by atoms with Crippen LogP contribution in [0.3, 0.4) is 0 Å². The third-order valence-corrected chi connectivity index (χ3v) is 5.71. The molecule has 1 aromatic carbocycles. The van der Waals surface area contributed by atoms with E-state index in [4.69, 9.17) is 39.8 Å². The van der Waals surface area contributed by atoms with E-state index in [2.05, 4.69) is 15.3 Å². The Morgan fingerprint density at radius 1 is 1.10 bits per heavy atom. The van der Waals surface area contributed by atoms with Gasteiger partial charge >= 0.3 is 0 Å². The van der Waals surface area contributed by atoms with Crippen molar-refractivity contribution in [3.05, 3.63) is 52.1 Å². The summed E-state index contributed by atoms with van der Waals surface area (Å²) in [7, 11) is 0. The monoisotopic (exact) mass is 452 g/mol. The van der Waals surface area contributed by atoms with Gasteiger partial charge < -0.3 is 15.1 Å². The highest BCUT2D eigenvalue weighted by Crippen LogP contribution is 2.24. The first-order valence-electron chi connectivity index (χ1n) is 9.16. The van der Waals surface area contributed by atoms with Crippen molar-refractivity contribution in [2.75, 3.05) is 42.3 Å². The minimum Gasteiger partial charge on any atom is -0.366 e. The van der Waals surface area contributed by atoms with Crippen LogP contribution in [0.4, 0.5) is 11.6 Å². The van der Waals surface area contributed by atoms with E-state index in [9.17, 15) is 4.79 Å². The number of halogens is 3. The standard InChI is InChI=1S/C19H19Cl3N6O/c20-11-19(29)27-7-5-26(6-8-27)18-10-17(28-16(25-18)3-4-24-28)23-12-13-1-2-14(21)9-15(13)22/h1-4,9-10,23H,5-8,11-12H2. The molecule has 2 aromatic heterocycles. The van der Waals surface area contributed by atoms with Gasteiger partial charge in [-0.3, -0.25) is 4.79 Å². The van der Waals surface area contributed by atoms with Gasteiger partial charge in [-0.05, 0) is 17.7 Å². The number of aromatic nitrogens is 3. The molecule has 0 aliphatic carbocycles. The fourth-order valence-corrected chi connectivity index (χ4v) is 3.95. The summed E-state index contributed by atoms with van der Waals surface area (Å²) in [5.74, 6) is 1.62. The molecule has 0 saturated carbocycles. The number of benzene rings is 1. The number of hydrogen-bond acceptors (Lipinski definition) is 5. The lowest BCUT2D eigenvalue weighted by molar-refractivity contribution is -0.128. The number of alkyl halides is 1. The molecule has 1 N–H and O–H groups in total. The van der Waals surface area contributed by atoms with Crippen LogP contribution in [0.2, 0.25) is 10.0 Å². The maximum absolute atomic E-state index is 11.8. The van der Waals surface area contributed by atoms with Crippen molar-refractivity contribution in [2.45, 2.75) is 6.54 Å². The highest BCUT2D eigenvalue weighted by Gasteiger charge is 2.22. The Labute approximate surface area is 183 Å². The van der Waals surface area contributed by atoms with Crippen molar-refractivity contribution in [1.29, 1.82) is 0 Å². The molecular weight excluding hydrogens is 435 g/mol. The first-order chi connectivity index (χ1) is 14.0. The van der Waals surface area contributed by atoms with E-state index >= 15 is 0 Å². The van der Waals surface area contributed by atoms with Gasteiger partial charge in [0.25, 0.3) is 0 Å². The minimum atomic E-state index is -0.0345. The van der Waals surface area contributed by atoms with Crippen LogP contribution in [0, 0.1) is 0 Å². The molecule has 0 radical (unpaired) electrons. The second kappa shape index (κ2) is 8.65. The van der Waals surface area contributed by atoms with Gasteiger partial charge in [-0.2, -0.15) is 9.61 Å². The Kier molecular flexibility index (Phi) is 5.99. The van der Waals surface area contributed by atoms with Gasteiger partial charge in [-0.1, -0.05) is 29.3 Å². The van der Waals surface area contributed by atoms with E-state index < -0.39 is 0 Å². The van der Waals surface area contributed by atoms with Crippen molar-refractivity contribution < 1.29 is 4.79 Å². The number of nitrogens with zero attached hydrogens (tertiary/aromatic N) is 5. The predicted molar refractivity (Wildman–Crippen MR) is 116 cm³/mol. The molecule has 10 heteroatoms. The minimum absolute atomic E-state index is 0.0152. The SMILES string of the molecule is O=C(CCl)N1CCN(c2cc(NCc3ccc(Cl)cc3Cl)n3nccc3n2)CC1. The molecule has 1 aliphatic rings. The molecule has 1 aliphatic heterocycles. The van der Waals surface area contributed by atoms with Crippen LogP contribution in [0.5, 0.6) is 0 Å². The van der Waals surface area contributed by atoms with Gasteiger partial charge in [0.2, 0.25) is 5.91 Å². The number of fused-ring (bicyclic) bond motifs is 1. The van der Waals surface area contributed by atoms with Crippen molar-refractivity contribution in [3.63, 3.8) is 0 Å². The number of carbonyl (C=O) groups is 1. The first-order valence-corrected chi connectivity index (χ1v) is 10.5. The topological polar surface area (TPSA) is 65.8 Å². The number of nitrogens with one attached hydrogen (secondary N) is 1. The molecule has 1 fully saturated rings. The van der Waals surface area contributed by atoms with E-state index in [1.54, 1.807) is 21.7 Å². The Hall–Kier alpha value is -2.22. The van der Waals surface area contributed by atoms with Crippen LogP contribution >= 0.6 is 34.8 Å². The van der Waals surface area contributed by atoms with Crippen molar-refractivity contribution in [3.8, 4) is 0 Å². The van der Waals surface area contributed by atoms with Gasteiger partial charge in [-0.15, -0.1) is 11.6 Å². The molecular formula is C19H19Cl3N6O. The van der Waals surface area contributed by atoms with E-state index in [-0.39, 0.29) is 11.8 Å². The summed E-state index contributed by atoms with van der Waals surface area (Å²) in [6, 6.07) is 9.25. The third-order valence-electron chi connectivity index (χ3n) is 4.89. The summed E-state index contributed by atoms with van der Waals surface area (Å²) in [4.78, 5) is 20.4. The normalized spacial score (nSPS) is 14.4. The molecule has 4 rings (SSSR count).